The molecule has 8 heteroatoms. The number of aryl methyl sites for hydroxylation is 1. The SMILES string of the molecule is Cc1ccc(C(=O)NN=Cc2ccc(Cl)c([N+](=O)[O-])c2)cn1. The van der Waals surface area contributed by atoms with Crippen LogP contribution in [-0.4, -0.2) is 22.0 Å². The van der Waals surface area contributed by atoms with Crippen molar-refractivity contribution in [1.29, 1.82) is 0 Å². The number of hydrazone groups is 1. The van der Waals surface area contributed by atoms with E-state index in [0.717, 1.165) is 5.69 Å². The molecule has 0 aliphatic carbocycles. The maximum absolute atomic E-state index is 11.8. The standard InChI is InChI=1S/C14H11ClN4O3/c1-9-2-4-11(8-16-9)14(20)18-17-7-10-3-5-12(15)13(6-10)19(21)22/h2-8H,1H3,(H,18,20). The molecular weight excluding hydrogens is 308 g/mol. The van der Waals surface area contributed by atoms with E-state index in [1.165, 1.54) is 24.5 Å². The average molecular weight is 319 g/mol. The maximum Gasteiger partial charge on any atom is 0.288 e. The Hall–Kier alpha value is -2.80. The molecule has 0 atom stereocenters. The highest BCUT2D eigenvalue weighted by atomic mass is 35.5. The Balaban J connectivity index is 2.06. The number of benzene rings is 1. The van der Waals surface area contributed by atoms with Crippen molar-refractivity contribution < 1.29 is 9.72 Å². The lowest BCUT2D eigenvalue weighted by Gasteiger charge is -2.00. The molecular formula is C14H11ClN4O3. The summed E-state index contributed by atoms with van der Waals surface area (Å²) >= 11 is 5.71. The van der Waals surface area contributed by atoms with Gasteiger partial charge in [-0.05, 0) is 25.1 Å². The van der Waals surface area contributed by atoms with E-state index in [2.05, 4.69) is 15.5 Å². The fourth-order valence-electron chi connectivity index (χ4n) is 1.58. The van der Waals surface area contributed by atoms with Gasteiger partial charge >= 0.3 is 0 Å². The summed E-state index contributed by atoms with van der Waals surface area (Å²) in [4.78, 5) is 26.0. The van der Waals surface area contributed by atoms with Crippen molar-refractivity contribution in [2.75, 3.05) is 0 Å². The number of rotatable bonds is 4. The van der Waals surface area contributed by atoms with Gasteiger partial charge in [0.2, 0.25) is 0 Å². The predicted octanol–water partition coefficient (Wildman–Crippen LogP) is 2.72. The van der Waals surface area contributed by atoms with Gasteiger partial charge in [0.05, 0.1) is 16.7 Å². The number of halogens is 1. The smallest absolute Gasteiger partial charge is 0.267 e. The molecule has 0 unspecified atom stereocenters. The molecule has 0 saturated carbocycles. The summed E-state index contributed by atoms with van der Waals surface area (Å²) in [6.07, 6.45) is 2.73. The molecule has 1 aromatic heterocycles. The normalized spacial score (nSPS) is 10.6. The third kappa shape index (κ3) is 3.86. The number of nitrogens with one attached hydrogen (secondary N) is 1. The van der Waals surface area contributed by atoms with E-state index < -0.39 is 10.8 Å². The summed E-state index contributed by atoms with van der Waals surface area (Å²) in [5.74, 6) is -0.424. The van der Waals surface area contributed by atoms with Crippen LogP contribution in [0.1, 0.15) is 21.6 Å². The summed E-state index contributed by atoms with van der Waals surface area (Å²) in [6, 6.07) is 7.55. The Morgan fingerprint density at radius 2 is 2.18 bits per heavy atom. The van der Waals surface area contributed by atoms with Crippen LogP contribution in [0.4, 0.5) is 5.69 Å². The maximum atomic E-state index is 11.8. The molecule has 1 aromatic carbocycles. The molecule has 1 amide bonds. The van der Waals surface area contributed by atoms with E-state index >= 15 is 0 Å². The van der Waals surface area contributed by atoms with Gasteiger partial charge in [-0.3, -0.25) is 19.9 Å². The highest BCUT2D eigenvalue weighted by Gasteiger charge is 2.11. The number of pyridine rings is 1. The van der Waals surface area contributed by atoms with Crippen molar-refractivity contribution in [1.82, 2.24) is 10.4 Å². The molecule has 0 bridgehead atoms. The number of carbonyl (C=O) groups is 1. The topological polar surface area (TPSA) is 97.5 Å². The molecule has 0 fully saturated rings. The minimum atomic E-state index is -0.587. The zero-order chi connectivity index (χ0) is 16.1. The second kappa shape index (κ2) is 6.77. The Morgan fingerprint density at radius 1 is 1.41 bits per heavy atom. The van der Waals surface area contributed by atoms with Gasteiger partial charge in [-0.1, -0.05) is 17.7 Å². The fraction of sp³-hybridized carbons (Fsp3) is 0.0714. The van der Waals surface area contributed by atoms with E-state index in [1.807, 2.05) is 6.92 Å². The molecule has 7 nitrogen and oxygen atoms in total. The van der Waals surface area contributed by atoms with E-state index in [1.54, 1.807) is 18.2 Å². The fourth-order valence-corrected chi connectivity index (χ4v) is 1.77. The van der Waals surface area contributed by atoms with E-state index in [4.69, 9.17) is 11.6 Å². The molecule has 1 heterocycles. The number of hydrogen-bond donors (Lipinski definition) is 1. The monoisotopic (exact) mass is 318 g/mol. The summed E-state index contributed by atoms with van der Waals surface area (Å²) in [5.41, 5.74) is 3.70. The molecule has 0 saturated heterocycles. The summed E-state index contributed by atoms with van der Waals surface area (Å²) < 4.78 is 0. The quantitative estimate of drug-likeness (QED) is 0.532. The Bertz CT molecular complexity index is 744. The lowest BCUT2D eigenvalue weighted by atomic mass is 10.2. The molecule has 112 valence electrons. The number of hydrogen-bond acceptors (Lipinski definition) is 5. The summed E-state index contributed by atoms with van der Waals surface area (Å²) in [5, 5.41) is 14.6. The first-order valence-electron chi connectivity index (χ1n) is 6.17. The number of carbonyl (C=O) groups excluding carboxylic acids is 1. The predicted molar refractivity (Wildman–Crippen MR) is 82.1 cm³/mol. The van der Waals surface area contributed by atoms with Crippen LogP contribution in [0.3, 0.4) is 0 Å². The average Bonchev–Trinajstić information content (AvgIpc) is 2.49. The second-order valence-corrected chi connectivity index (χ2v) is 4.76. The molecule has 0 aliphatic rings. The van der Waals surface area contributed by atoms with Gasteiger partial charge in [0.25, 0.3) is 11.6 Å². The van der Waals surface area contributed by atoms with Crippen LogP contribution in [0.5, 0.6) is 0 Å². The number of nitro groups is 1. The minimum Gasteiger partial charge on any atom is -0.267 e. The van der Waals surface area contributed by atoms with Crippen molar-refractivity contribution in [3.63, 3.8) is 0 Å². The minimum absolute atomic E-state index is 0.0388. The van der Waals surface area contributed by atoms with Crippen molar-refractivity contribution in [2.45, 2.75) is 6.92 Å². The van der Waals surface area contributed by atoms with E-state index in [-0.39, 0.29) is 10.7 Å². The van der Waals surface area contributed by atoms with Crippen LogP contribution >= 0.6 is 11.6 Å². The Labute approximate surface area is 130 Å². The first-order valence-corrected chi connectivity index (χ1v) is 6.55. The Morgan fingerprint density at radius 3 is 2.82 bits per heavy atom. The summed E-state index contributed by atoms with van der Waals surface area (Å²) in [6.45, 7) is 1.81. The largest absolute Gasteiger partial charge is 0.288 e. The number of nitro benzene ring substituents is 1. The highest BCUT2D eigenvalue weighted by molar-refractivity contribution is 6.32. The lowest BCUT2D eigenvalue weighted by Crippen LogP contribution is -2.17. The van der Waals surface area contributed by atoms with Gasteiger partial charge in [-0.15, -0.1) is 0 Å². The van der Waals surface area contributed by atoms with Gasteiger partial charge < -0.3 is 0 Å². The second-order valence-electron chi connectivity index (χ2n) is 4.36. The molecule has 1 N–H and O–H groups in total. The van der Waals surface area contributed by atoms with Crippen LogP contribution in [0.25, 0.3) is 0 Å². The van der Waals surface area contributed by atoms with E-state index in [9.17, 15) is 14.9 Å². The zero-order valence-corrected chi connectivity index (χ0v) is 12.2. The van der Waals surface area contributed by atoms with Gasteiger partial charge in [0.1, 0.15) is 5.02 Å². The molecule has 0 spiro atoms. The van der Waals surface area contributed by atoms with Gasteiger partial charge in [-0.2, -0.15) is 5.10 Å². The van der Waals surface area contributed by atoms with Crippen molar-refractivity contribution in [3.8, 4) is 0 Å². The Kier molecular flexibility index (Phi) is 4.80. The van der Waals surface area contributed by atoms with Crippen LogP contribution in [-0.2, 0) is 0 Å². The first-order chi connectivity index (χ1) is 10.5. The molecule has 22 heavy (non-hydrogen) atoms. The first kappa shape index (κ1) is 15.6. The lowest BCUT2D eigenvalue weighted by molar-refractivity contribution is -0.384. The third-order valence-corrected chi connectivity index (χ3v) is 3.04. The third-order valence-electron chi connectivity index (χ3n) is 2.72. The van der Waals surface area contributed by atoms with Gasteiger partial charge in [0.15, 0.2) is 0 Å². The van der Waals surface area contributed by atoms with Crippen LogP contribution in [0, 0.1) is 17.0 Å². The number of aromatic nitrogens is 1. The van der Waals surface area contributed by atoms with Gasteiger partial charge in [0, 0.05) is 23.5 Å². The molecule has 2 aromatic rings. The number of amides is 1. The van der Waals surface area contributed by atoms with Crippen LogP contribution in [0.15, 0.2) is 41.6 Å². The number of nitrogens with zero attached hydrogens (tertiary/aromatic N) is 3. The molecule has 0 radical (unpaired) electrons. The summed E-state index contributed by atoms with van der Waals surface area (Å²) in [7, 11) is 0. The van der Waals surface area contributed by atoms with Gasteiger partial charge in [-0.25, -0.2) is 5.43 Å². The zero-order valence-electron chi connectivity index (χ0n) is 11.5. The van der Waals surface area contributed by atoms with Crippen molar-refractivity contribution >= 4 is 29.4 Å². The van der Waals surface area contributed by atoms with Crippen molar-refractivity contribution in [2.24, 2.45) is 5.10 Å². The van der Waals surface area contributed by atoms with Crippen molar-refractivity contribution in [3.05, 3.63) is 68.5 Å². The molecule has 0 aliphatic heterocycles. The highest BCUT2D eigenvalue weighted by Crippen LogP contribution is 2.24. The van der Waals surface area contributed by atoms with E-state index in [0.29, 0.717) is 11.1 Å². The molecule has 2 rings (SSSR count). The van der Waals surface area contributed by atoms with Crippen LogP contribution < -0.4 is 5.43 Å². The van der Waals surface area contributed by atoms with Crippen LogP contribution in [0.2, 0.25) is 5.02 Å².